The first kappa shape index (κ1) is 25.8. The Balaban J connectivity index is 1.54. The third-order valence-corrected chi connectivity index (χ3v) is 6.48. The predicted octanol–water partition coefficient (Wildman–Crippen LogP) is 5.78. The fourth-order valence-corrected chi connectivity index (χ4v) is 4.47. The largest absolute Gasteiger partial charge is 0.497 e. The summed E-state index contributed by atoms with van der Waals surface area (Å²) in [7, 11) is 3.16. The second-order valence-corrected chi connectivity index (χ2v) is 8.92. The summed E-state index contributed by atoms with van der Waals surface area (Å²) in [6.07, 6.45) is 1.61. The number of carboxylic acids is 1. The van der Waals surface area contributed by atoms with E-state index in [1.807, 2.05) is 78.2 Å². The van der Waals surface area contributed by atoms with Gasteiger partial charge in [-0.05, 0) is 60.2 Å². The number of methoxy groups -OCH3 is 2. The van der Waals surface area contributed by atoms with Crippen LogP contribution in [0.5, 0.6) is 17.2 Å². The van der Waals surface area contributed by atoms with Crippen LogP contribution in [0.3, 0.4) is 0 Å². The first-order valence-corrected chi connectivity index (χ1v) is 12.4. The number of hydrogen-bond donors (Lipinski definition) is 1. The van der Waals surface area contributed by atoms with Gasteiger partial charge in [-0.1, -0.05) is 42.5 Å². The number of ether oxygens (including phenoxy) is 3. The topological polar surface area (TPSA) is 95.7 Å². The maximum Gasteiger partial charge on any atom is 0.342 e. The van der Waals surface area contributed by atoms with Crippen LogP contribution in [-0.4, -0.2) is 40.1 Å². The SMILES string of the molecule is CCn1c(S/C(=C\c2ccc(OCc3ccccc3)cc2)C(=O)O)nnc1-c1cc(OC)cc(OC)c1. The number of benzene rings is 3. The van der Waals surface area contributed by atoms with Gasteiger partial charge in [0.25, 0.3) is 0 Å². The Kier molecular flexibility index (Phi) is 8.48. The van der Waals surface area contributed by atoms with Crippen LogP contribution in [0.2, 0.25) is 0 Å². The molecular weight excluding hydrogens is 490 g/mol. The minimum Gasteiger partial charge on any atom is -0.497 e. The van der Waals surface area contributed by atoms with Gasteiger partial charge in [-0.15, -0.1) is 10.2 Å². The lowest BCUT2D eigenvalue weighted by Gasteiger charge is -2.10. The van der Waals surface area contributed by atoms with Crippen LogP contribution in [0.4, 0.5) is 0 Å². The van der Waals surface area contributed by atoms with E-state index in [2.05, 4.69) is 10.2 Å². The molecule has 0 bridgehead atoms. The van der Waals surface area contributed by atoms with Crippen LogP contribution in [-0.2, 0) is 17.9 Å². The molecular formula is C28H27N3O5S. The van der Waals surface area contributed by atoms with Crippen LogP contribution in [0, 0.1) is 0 Å². The highest BCUT2D eigenvalue weighted by Crippen LogP contribution is 2.33. The summed E-state index contributed by atoms with van der Waals surface area (Å²) in [5.74, 6) is 1.49. The van der Waals surface area contributed by atoms with Gasteiger partial charge >= 0.3 is 5.97 Å². The van der Waals surface area contributed by atoms with Gasteiger partial charge in [-0.3, -0.25) is 0 Å². The van der Waals surface area contributed by atoms with E-state index in [-0.39, 0.29) is 4.91 Å². The number of carbonyl (C=O) groups is 1. The minimum atomic E-state index is -1.05. The fourth-order valence-electron chi connectivity index (χ4n) is 3.59. The summed E-state index contributed by atoms with van der Waals surface area (Å²) in [5.41, 5.74) is 2.56. The van der Waals surface area contributed by atoms with Crippen LogP contribution < -0.4 is 14.2 Å². The maximum absolute atomic E-state index is 12.1. The fraction of sp³-hybridized carbons (Fsp3) is 0.179. The predicted molar refractivity (Wildman–Crippen MR) is 143 cm³/mol. The van der Waals surface area contributed by atoms with Gasteiger partial charge in [0.2, 0.25) is 0 Å². The zero-order valence-corrected chi connectivity index (χ0v) is 21.6. The quantitative estimate of drug-likeness (QED) is 0.198. The number of rotatable bonds is 11. The molecule has 0 spiro atoms. The molecule has 0 unspecified atom stereocenters. The third kappa shape index (κ3) is 6.50. The lowest BCUT2D eigenvalue weighted by Crippen LogP contribution is -2.03. The number of hydrogen-bond acceptors (Lipinski definition) is 7. The zero-order valence-electron chi connectivity index (χ0n) is 20.7. The van der Waals surface area contributed by atoms with Crippen molar-refractivity contribution < 1.29 is 24.1 Å². The van der Waals surface area contributed by atoms with Crippen molar-refractivity contribution in [3.63, 3.8) is 0 Å². The number of aromatic nitrogens is 3. The number of carboxylic acid groups (broad SMARTS) is 1. The Bertz CT molecular complexity index is 1360. The summed E-state index contributed by atoms with van der Waals surface area (Å²) in [6.45, 7) is 2.96. The highest BCUT2D eigenvalue weighted by molar-refractivity contribution is 8.04. The number of aliphatic carboxylic acids is 1. The summed E-state index contributed by atoms with van der Waals surface area (Å²) >= 11 is 1.05. The first-order valence-electron chi connectivity index (χ1n) is 11.6. The second-order valence-electron chi connectivity index (χ2n) is 7.91. The summed E-state index contributed by atoms with van der Waals surface area (Å²) < 4.78 is 18.4. The Morgan fingerprint density at radius 3 is 2.22 bits per heavy atom. The lowest BCUT2D eigenvalue weighted by molar-refractivity contribution is -0.131. The summed E-state index contributed by atoms with van der Waals surface area (Å²) in [6, 6.07) is 22.6. The molecule has 1 heterocycles. The first-order chi connectivity index (χ1) is 18.0. The normalized spacial score (nSPS) is 11.3. The number of thioether (sulfide) groups is 1. The van der Waals surface area contributed by atoms with Crippen LogP contribution >= 0.6 is 11.8 Å². The highest BCUT2D eigenvalue weighted by atomic mass is 32.2. The molecule has 1 N–H and O–H groups in total. The molecule has 4 rings (SSSR count). The second kappa shape index (κ2) is 12.1. The van der Waals surface area contributed by atoms with E-state index in [0.717, 1.165) is 28.5 Å². The molecule has 1 aromatic heterocycles. The van der Waals surface area contributed by atoms with Gasteiger partial charge in [-0.25, -0.2) is 4.79 Å². The molecule has 9 heteroatoms. The van der Waals surface area contributed by atoms with E-state index in [1.54, 1.807) is 26.4 Å². The monoisotopic (exact) mass is 517 g/mol. The summed E-state index contributed by atoms with van der Waals surface area (Å²) in [5, 5.41) is 19.0. The Labute approximate surface area is 219 Å². The van der Waals surface area contributed by atoms with Crippen molar-refractivity contribution in [2.75, 3.05) is 14.2 Å². The maximum atomic E-state index is 12.1. The van der Waals surface area contributed by atoms with Gasteiger partial charge in [0.05, 0.1) is 14.2 Å². The van der Waals surface area contributed by atoms with Gasteiger partial charge in [0.15, 0.2) is 11.0 Å². The van der Waals surface area contributed by atoms with E-state index in [1.165, 1.54) is 0 Å². The van der Waals surface area contributed by atoms with Crippen LogP contribution in [0.1, 0.15) is 18.1 Å². The molecule has 8 nitrogen and oxygen atoms in total. The average molecular weight is 518 g/mol. The highest BCUT2D eigenvalue weighted by Gasteiger charge is 2.19. The molecule has 190 valence electrons. The molecule has 3 aromatic carbocycles. The molecule has 0 radical (unpaired) electrons. The van der Waals surface area contributed by atoms with E-state index in [4.69, 9.17) is 14.2 Å². The number of nitrogens with zero attached hydrogens (tertiary/aromatic N) is 3. The van der Waals surface area contributed by atoms with Gasteiger partial charge < -0.3 is 23.9 Å². The van der Waals surface area contributed by atoms with Gasteiger partial charge in [0, 0.05) is 18.2 Å². The molecule has 0 saturated heterocycles. The van der Waals surface area contributed by atoms with E-state index < -0.39 is 5.97 Å². The molecule has 0 aliphatic carbocycles. The molecule has 0 atom stereocenters. The van der Waals surface area contributed by atoms with Crippen molar-refractivity contribution in [2.45, 2.75) is 25.2 Å². The van der Waals surface area contributed by atoms with E-state index in [9.17, 15) is 9.90 Å². The van der Waals surface area contributed by atoms with Crippen molar-refractivity contribution in [1.82, 2.24) is 14.8 Å². The Morgan fingerprint density at radius 2 is 1.62 bits per heavy atom. The lowest BCUT2D eigenvalue weighted by atomic mass is 10.2. The van der Waals surface area contributed by atoms with Crippen molar-refractivity contribution in [1.29, 1.82) is 0 Å². The van der Waals surface area contributed by atoms with Crippen molar-refractivity contribution in [3.8, 4) is 28.6 Å². The molecule has 37 heavy (non-hydrogen) atoms. The summed E-state index contributed by atoms with van der Waals surface area (Å²) in [4.78, 5) is 12.2. The molecule has 0 aliphatic heterocycles. The smallest absolute Gasteiger partial charge is 0.342 e. The van der Waals surface area contributed by atoms with Crippen molar-refractivity contribution in [2.24, 2.45) is 0 Å². The molecule has 4 aromatic rings. The molecule has 0 aliphatic rings. The molecule has 0 saturated carbocycles. The van der Waals surface area contributed by atoms with E-state index in [0.29, 0.717) is 41.4 Å². The van der Waals surface area contributed by atoms with Crippen LogP contribution in [0.25, 0.3) is 17.5 Å². The minimum absolute atomic E-state index is 0.120. The Morgan fingerprint density at radius 1 is 0.946 bits per heavy atom. The van der Waals surface area contributed by atoms with Gasteiger partial charge in [0.1, 0.15) is 28.8 Å². The van der Waals surface area contributed by atoms with Crippen molar-refractivity contribution in [3.05, 3.63) is 88.8 Å². The molecule has 0 amide bonds. The standard InChI is InChI=1S/C28H27N3O5S/c1-4-31-26(21-15-23(34-2)17-24(16-21)35-3)29-30-28(31)37-25(27(32)33)14-19-10-12-22(13-11-19)36-18-20-8-6-5-7-9-20/h5-17H,4,18H2,1-3H3,(H,32,33)/b25-14-. The van der Waals surface area contributed by atoms with E-state index >= 15 is 0 Å². The Hall–Kier alpha value is -4.24. The zero-order chi connectivity index (χ0) is 26.2. The molecule has 0 fully saturated rings. The average Bonchev–Trinajstić information content (AvgIpc) is 3.35. The third-order valence-electron chi connectivity index (χ3n) is 5.48. The van der Waals surface area contributed by atoms with Gasteiger partial charge in [-0.2, -0.15) is 0 Å². The van der Waals surface area contributed by atoms with Crippen molar-refractivity contribution >= 4 is 23.8 Å². The van der Waals surface area contributed by atoms with Crippen LogP contribution in [0.15, 0.2) is 82.9 Å².